The van der Waals surface area contributed by atoms with E-state index < -0.39 is 26.5 Å². The Balaban J connectivity index is 3.57. The van der Waals surface area contributed by atoms with Crippen LogP contribution in [0.2, 0.25) is 0 Å². The molecule has 0 aliphatic rings. The van der Waals surface area contributed by atoms with Crippen molar-refractivity contribution in [1.82, 2.24) is 4.72 Å². The van der Waals surface area contributed by atoms with Crippen LogP contribution in [-0.4, -0.2) is 19.9 Å². The first kappa shape index (κ1) is 15.3. The monoisotopic (exact) mass is 288 g/mol. The first-order valence-electron chi connectivity index (χ1n) is 5.27. The summed E-state index contributed by atoms with van der Waals surface area (Å²) in [5.41, 5.74) is -0.944. The highest BCUT2D eigenvalue weighted by molar-refractivity contribution is 7.89. The summed E-state index contributed by atoms with van der Waals surface area (Å²) < 4.78 is 39.7. The molecule has 0 saturated heterocycles. The van der Waals surface area contributed by atoms with Gasteiger partial charge in [-0.15, -0.1) is 6.58 Å². The van der Waals surface area contributed by atoms with E-state index in [2.05, 4.69) is 11.3 Å². The first-order chi connectivity index (χ1) is 8.72. The van der Waals surface area contributed by atoms with E-state index in [9.17, 15) is 22.9 Å². The van der Waals surface area contributed by atoms with Crippen LogP contribution in [0.15, 0.2) is 23.6 Å². The molecule has 0 aliphatic heterocycles. The predicted octanol–water partition coefficient (Wildman–Crippen LogP) is 1.82. The summed E-state index contributed by atoms with van der Waals surface area (Å²) in [7, 11) is -3.95. The van der Waals surface area contributed by atoms with Crippen LogP contribution in [0.5, 0.6) is 0 Å². The topological polar surface area (TPSA) is 89.3 Å². The van der Waals surface area contributed by atoms with Crippen molar-refractivity contribution in [3.8, 4) is 0 Å². The number of nitrogens with one attached hydrogen (secondary N) is 1. The number of sulfonamides is 1. The minimum atomic E-state index is -3.95. The Bertz CT molecular complexity index is 641. The zero-order valence-corrected chi connectivity index (χ0v) is 11.3. The summed E-state index contributed by atoms with van der Waals surface area (Å²) in [6.45, 7) is 5.93. The molecule has 1 N–H and O–H groups in total. The van der Waals surface area contributed by atoms with Crippen LogP contribution in [0, 0.1) is 29.8 Å². The van der Waals surface area contributed by atoms with Crippen molar-refractivity contribution in [2.75, 3.05) is 6.54 Å². The van der Waals surface area contributed by atoms with Gasteiger partial charge < -0.3 is 0 Å². The second-order valence-electron chi connectivity index (χ2n) is 3.88. The Morgan fingerprint density at radius 3 is 2.58 bits per heavy atom. The van der Waals surface area contributed by atoms with E-state index in [-0.39, 0.29) is 22.6 Å². The summed E-state index contributed by atoms with van der Waals surface area (Å²) in [5.74, 6) is -1.05. The van der Waals surface area contributed by atoms with Crippen LogP contribution in [0.3, 0.4) is 0 Å². The lowest BCUT2D eigenvalue weighted by Crippen LogP contribution is -2.25. The molecular formula is C11H13FN2O4S. The predicted molar refractivity (Wildman–Crippen MR) is 67.9 cm³/mol. The molecule has 1 aromatic carbocycles. The summed E-state index contributed by atoms with van der Waals surface area (Å²) in [5, 5.41) is 10.8. The number of nitrogens with zero attached hydrogens (tertiary/aromatic N) is 1. The van der Waals surface area contributed by atoms with Gasteiger partial charge >= 0.3 is 5.69 Å². The number of nitro benzene ring substituents is 1. The van der Waals surface area contributed by atoms with Crippen LogP contribution in [0.25, 0.3) is 0 Å². The fourth-order valence-electron chi connectivity index (χ4n) is 1.78. The van der Waals surface area contributed by atoms with Crippen LogP contribution < -0.4 is 4.72 Å². The fraction of sp³-hybridized carbons (Fsp3) is 0.273. The maximum absolute atomic E-state index is 13.5. The molecule has 0 unspecified atom stereocenters. The van der Waals surface area contributed by atoms with E-state index in [0.29, 0.717) is 0 Å². The van der Waals surface area contributed by atoms with Gasteiger partial charge in [0, 0.05) is 6.54 Å². The van der Waals surface area contributed by atoms with Crippen molar-refractivity contribution in [2.24, 2.45) is 0 Å². The third kappa shape index (κ3) is 2.96. The van der Waals surface area contributed by atoms with Crippen molar-refractivity contribution >= 4 is 15.7 Å². The molecule has 0 spiro atoms. The zero-order valence-electron chi connectivity index (χ0n) is 10.4. The summed E-state index contributed by atoms with van der Waals surface area (Å²) in [4.78, 5) is 9.57. The second kappa shape index (κ2) is 5.45. The second-order valence-corrected chi connectivity index (χ2v) is 5.58. The van der Waals surface area contributed by atoms with Crippen molar-refractivity contribution in [3.05, 3.63) is 45.8 Å². The number of nitro groups is 1. The molecule has 0 aromatic heterocycles. The normalized spacial score (nSPS) is 11.3. The lowest BCUT2D eigenvalue weighted by Gasteiger charge is -2.11. The fourth-order valence-corrected chi connectivity index (χ4v) is 3.25. The van der Waals surface area contributed by atoms with Crippen molar-refractivity contribution in [2.45, 2.75) is 18.7 Å². The number of aryl methyl sites for hydroxylation is 1. The Morgan fingerprint density at radius 2 is 2.11 bits per heavy atom. The summed E-state index contributed by atoms with van der Waals surface area (Å²) in [6.07, 6.45) is 1.33. The Kier molecular flexibility index (Phi) is 4.38. The molecule has 8 heteroatoms. The molecule has 0 radical (unpaired) electrons. The van der Waals surface area contributed by atoms with Gasteiger partial charge in [0.25, 0.3) is 0 Å². The molecule has 1 aromatic rings. The van der Waals surface area contributed by atoms with Gasteiger partial charge in [0.1, 0.15) is 0 Å². The first-order valence-corrected chi connectivity index (χ1v) is 6.75. The van der Waals surface area contributed by atoms with Crippen LogP contribution in [0.1, 0.15) is 11.1 Å². The highest BCUT2D eigenvalue weighted by Crippen LogP contribution is 2.30. The van der Waals surface area contributed by atoms with Gasteiger partial charge in [-0.3, -0.25) is 10.1 Å². The van der Waals surface area contributed by atoms with E-state index in [1.807, 2.05) is 0 Å². The van der Waals surface area contributed by atoms with Crippen molar-refractivity contribution in [1.29, 1.82) is 0 Å². The minimum absolute atomic E-state index is 0.0214. The summed E-state index contributed by atoms with van der Waals surface area (Å²) >= 11 is 0. The summed E-state index contributed by atoms with van der Waals surface area (Å²) in [6, 6.07) is 0.841. The van der Waals surface area contributed by atoms with E-state index in [1.54, 1.807) is 0 Å². The van der Waals surface area contributed by atoms with Crippen molar-refractivity contribution < 1.29 is 17.7 Å². The van der Waals surface area contributed by atoms with Gasteiger partial charge in [-0.05, 0) is 25.5 Å². The molecule has 0 fully saturated rings. The lowest BCUT2D eigenvalue weighted by atomic mass is 10.1. The Morgan fingerprint density at radius 1 is 1.53 bits per heavy atom. The average molecular weight is 288 g/mol. The van der Waals surface area contributed by atoms with Gasteiger partial charge in [0.2, 0.25) is 15.8 Å². The molecule has 1 rings (SSSR count). The van der Waals surface area contributed by atoms with E-state index >= 15 is 0 Å². The largest absolute Gasteiger partial charge is 0.309 e. The van der Waals surface area contributed by atoms with E-state index in [4.69, 9.17) is 0 Å². The maximum Gasteiger partial charge on any atom is 0.309 e. The molecule has 6 nitrogen and oxygen atoms in total. The number of benzene rings is 1. The number of hydrogen-bond acceptors (Lipinski definition) is 4. The van der Waals surface area contributed by atoms with Crippen LogP contribution in [-0.2, 0) is 10.0 Å². The third-order valence-electron chi connectivity index (χ3n) is 2.49. The molecule has 0 bridgehead atoms. The molecule has 0 heterocycles. The Labute approximate surface area is 110 Å². The zero-order chi connectivity index (χ0) is 14.8. The van der Waals surface area contributed by atoms with Gasteiger partial charge in [-0.1, -0.05) is 6.08 Å². The van der Waals surface area contributed by atoms with E-state index in [0.717, 1.165) is 6.07 Å². The SMILES string of the molecule is C=CCNS(=O)(=O)c1c(C)cc(F)c([N+](=O)[O-])c1C. The maximum atomic E-state index is 13.5. The van der Waals surface area contributed by atoms with Gasteiger partial charge in [0.05, 0.1) is 15.4 Å². The molecular weight excluding hydrogens is 275 g/mol. The highest BCUT2D eigenvalue weighted by atomic mass is 32.2. The van der Waals surface area contributed by atoms with Crippen molar-refractivity contribution in [3.63, 3.8) is 0 Å². The molecule has 104 valence electrons. The molecule has 0 atom stereocenters. The number of rotatable bonds is 5. The number of halogens is 1. The molecule has 0 amide bonds. The van der Waals surface area contributed by atoms with Gasteiger partial charge in [-0.25, -0.2) is 13.1 Å². The number of hydrogen-bond donors (Lipinski definition) is 1. The minimum Gasteiger partial charge on any atom is -0.258 e. The molecule has 0 saturated carbocycles. The average Bonchev–Trinajstić information content (AvgIpc) is 2.24. The highest BCUT2D eigenvalue weighted by Gasteiger charge is 2.28. The third-order valence-corrected chi connectivity index (χ3v) is 4.20. The van der Waals surface area contributed by atoms with Crippen LogP contribution >= 0.6 is 0 Å². The van der Waals surface area contributed by atoms with Crippen LogP contribution in [0.4, 0.5) is 10.1 Å². The van der Waals surface area contributed by atoms with E-state index in [1.165, 1.54) is 19.9 Å². The van der Waals surface area contributed by atoms with Gasteiger partial charge in [0.15, 0.2) is 0 Å². The lowest BCUT2D eigenvalue weighted by molar-refractivity contribution is -0.388. The standard InChI is InChI=1S/C11H13FN2O4S/c1-4-5-13-19(17,18)11-7(2)6-9(12)10(8(11)3)14(15)16/h4,6,13H,1,5H2,2-3H3. The molecule has 0 aliphatic carbocycles. The Hall–Kier alpha value is -1.80. The quantitative estimate of drug-likeness (QED) is 0.508. The smallest absolute Gasteiger partial charge is 0.258 e. The van der Waals surface area contributed by atoms with Gasteiger partial charge in [-0.2, -0.15) is 4.39 Å². The molecule has 19 heavy (non-hydrogen) atoms.